The average molecular weight is 270 g/mol. The summed E-state index contributed by atoms with van der Waals surface area (Å²) < 4.78 is 2.45. The number of nitrogens with zero attached hydrogens (tertiary/aromatic N) is 2. The predicted molar refractivity (Wildman–Crippen MR) is 57.5 cm³/mol. The average Bonchev–Trinajstić information content (AvgIpc) is 2.59. The van der Waals surface area contributed by atoms with Crippen molar-refractivity contribution in [3.8, 4) is 0 Å². The maximum Gasteiger partial charge on any atom is 0.325 e. The van der Waals surface area contributed by atoms with E-state index in [4.69, 9.17) is 10.8 Å². The van der Waals surface area contributed by atoms with Gasteiger partial charge in [-0.05, 0) is 33.6 Å². The van der Waals surface area contributed by atoms with Crippen molar-refractivity contribution in [2.24, 2.45) is 5.73 Å². The van der Waals surface area contributed by atoms with E-state index in [1.165, 1.54) is 0 Å². The van der Waals surface area contributed by atoms with Gasteiger partial charge in [-0.15, -0.1) is 0 Å². The number of imidazole rings is 1. The molecule has 0 aliphatic heterocycles. The first-order chi connectivity index (χ1) is 7.09. The highest BCUT2D eigenvalue weighted by atomic mass is 79.9. The second-order valence-corrected chi connectivity index (χ2v) is 3.86. The zero-order valence-electron chi connectivity index (χ0n) is 7.59. The molecule has 2 rings (SSSR count). The van der Waals surface area contributed by atoms with Crippen molar-refractivity contribution in [1.29, 1.82) is 0 Å². The molecule has 0 fully saturated rings. The zero-order chi connectivity index (χ0) is 11.0. The van der Waals surface area contributed by atoms with Crippen LogP contribution < -0.4 is 5.73 Å². The molecule has 78 valence electrons. The number of aromatic nitrogens is 2. The molecule has 6 heteroatoms. The molecule has 0 saturated heterocycles. The lowest BCUT2D eigenvalue weighted by molar-refractivity contribution is -0.138. The second-order valence-electron chi connectivity index (χ2n) is 3.10. The molecule has 2 heterocycles. The predicted octanol–water partition coefficient (Wildman–Crippen LogP) is 1.18. The smallest absolute Gasteiger partial charge is 0.325 e. The maximum atomic E-state index is 10.7. The number of carboxylic acids is 1. The van der Waals surface area contributed by atoms with Crippen LogP contribution >= 0.6 is 15.9 Å². The fourth-order valence-electron chi connectivity index (χ4n) is 1.31. The summed E-state index contributed by atoms with van der Waals surface area (Å²) in [6.45, 7) is 0. The Morgan fingerprint density at radius 2 is 2.40 bits per heavy atom. The Morgan fingerprint density at radius 1 is 1.67 bits per heavy atom. The third-order valence-corrected chi connectivity index (χ3v) is 2.75. The lowest BCUT2D eigenvalue weighted by Gasteiger charge is -2.06. The molecule has 5 nitrogen and oxygen atoms in total. The Balaban J connectivity index is 2.54. The lowest BCUT2D eigenvalue weighted by atomic mass is 10.1. The second kappa shape index (κ2) is 3.63. The van der Waals surface area contributed by atoms with Crippen molar-refractivity contribution < 1.29 is 9.90 Å². The minimum absolute atomic E-state index is 0.552. The molecule has 0 radical (unpaired) electrons. The van der Waals surface area contributed by atoms with Gasteiger partial charge < -0.3 is 15.2 Å². The molecule has 0 aromatic carbocycles. The lowest BCUT2D eigenvalue weighted by Crippen LogP contribution is -2.20. The van der Waals surface area contributed by atoms with E-state index in [0.29, 0.717) is 10.2 Å². The molecular formula is C9H8BrN3O2. The molecule has 2 aromatic rings. The highest BCUT2D eigenvalue weighted by molar-refractivity contribution is 9.10. The summed E-state index contributed by atoms with van der Waals surface area (Å²) in [6.07, 6.45) is 3.36. The van der Waals surface area contributed by atoms with Crippen LogP contribution in [-0.2, 0) is 4.79 Å². The maximum absolute atomic E-state index is 10.7. The first-order valence-electron chi connectivity index (χ1n) is 4.20. The van der Waals surface area contributed by atoms with Gasteiger partial charge in [0.25, 0.3) is 0 Å². The van der Waals surface area contributed by atoms with E-state index < -0.39 is 12.0 Å². The Kier molecular flexibility index (Phi) is 2.45. The summed E-state index contributed by atoms with van der Waals surface area (Å²) in [5.74, 6) is -1.05. The molecule has 0 aliphatic rings. The quantitative estimate of drug-likeness (QED) is 0.858. The third-order valence-electron chi connectivity index (χ3n) is 2.14. The van der Waals surface area contributed by atoms with Gasteiger partial charge in [0.2, 0.25) is 0 Å². The number of carboxylic acid groups (broad SMARTS) is 1. The van der Waals surface area contributed by atoms with Crippen LogP contribution in [0.15, 0.2) is 29.3 Å². The Morgan fingerprint density at radius 3 is 3.07 bits per heavy atom. The van der Waals surface area contributed by atoms with Crippen molar-refractivity contribution in [1.82, 2.24) is 9.38 Å². The van der Waals surface area contributed by atoms with Crippen molar-refractivity contribution in [3.05, 3.63) is 34.8 Å². The number of hydrogen-bond donors (Lipinski definition) is 2. The monoisotopic (exact) mass is 269 g/mol. The molecule has 3 N–H and O–H groups in total. The fourth-order valence-corrected chi connectivity index (χ4v) is 1.72. The minimum Gasteiger partial charge on any atom is -0.480 e. The largest absolute Gasteiger partial charge is 0.480 e. The van der Waals surface area contributed by atoms with E-state index in [1.807, 2.05) is 0 Å². The minimum atomic E-state index is -1.05. The van der Waals surface area contributed by atoms with Gasteiger partial charge in [-0.25, -0.2) is 4.98 Å². The van der Waals surface area contributed by atoms with Crippen LogP contribution in [0.5, 0.6) is 0 Å². The Hall–Kier alpha value is -1.40. The molecule has 0 bridgehead atoms. The summed E-state index contributed by atoms with van der Waals surface area (Å²) in [5.41, 5.74) is 6.85. The van der Waals surface area contributed by atoms with Gasteiger partial charge in [0.15, 0.2) is 0 Å². The van der Waals surface area contributed by atoms with E-state index >= 15 is 0 Å². The molecule has 0 saturated carbocycles. The number of fused-ring (bicyclic) bond motifs is 1. The molecule has 2 aromatic heterocycles. The standard InChI is InChI=1S/C9H8BrN3O2/c10-8-6-3-5(7(11)9(14)15)1-2-13(6)4-12-8/h1-4,7H,11H2,(H,14,15). The highest BCUT2D eigenvalue weighted by Gasteiger charge is 2.15. The van der Waals surface area contributed by atoms with Crippen LogP contribution in [0.1, 0.15) is 11.6 Å². The Labute approximate surface area is 93.7 Å². The normalized spacial score (nSPS) is 12.9. The van der Waals surface area contributed by atoms with Gasteiger partial charge in [-0.1, -0.05) is 0 Å². The van der Waals surface area contributed by atoms with Gasteiger partial charge in [0, 0.05) is 6.20 Å². The fraction of sp³-hybridized carbons (Fsp3) is 0.111. The van der Waals surface area contributed by atoms with E-state index in [2.05, 4.69) is 20.9 Å². The van der Waals surface area contributed by atoms with Gasteiger partial charge >= 0.3 is 5.97 Å². The van der Waals surface area contributed by atoms with Crippen LogP contribution in [0, 0.1) is 0 Å². The summed E-state index contributed by atoms with van der Waals surface area (Å²) in [4.78, 5) is 14.7. The molecule has 1 atom stereocenters. The molecule has 0 amide bonds. The van der Waals surface area contributed by atoms with Gasteiger partial charge in [-0.3, -0.25) is 4.79 Å². The van der Waals surface area contributed by atoms with Crippen molar-refractivity contribution in [3.63, 3.8) is 0 Å². The number of rotatable bonds is 2. The van der Waals surface area contributed by atoms with Gasteiger partial charge in [0.05, 0.1) is 5.52 Å². The molecule has 0 spiro atoms. The van der Waals surface area contributed by atoms with Crippen LogP contribution in [0.2, 0.25) is 0 Å². The topological polar surface area (TPSA) is 80.6 Å². The molecule has 15 heavy (non-hydrogen) atoms. The highest BCUT2D eigenvalue weighted by Crippen LogP contribution is 2.19. The van der Waals surface area contributed by atoms with E-state index in [-0.39, 0.29) is 0 Å². The molecule has 1 unspecified atom stereocenters. The van der Waals surface area contributed by atoms with Crippen LogP contribution in [0.4, 0.5) is 0 Å². The number of hydrogen-bond acceptors (Lipinski definition) is 3. The Bertz CT molecular complexity index is 523. The number of carbonyl (C=O) groups is 1. The summed E-state index contributed by atoms with van der Waals surface area (Å²) in [7, 11) is 0. The van der Waals surface area contributed by atoms with Gasteiger partial charge in [-0.2, -0.15) is 0 Å². The first-order valence-corrected chi connectivity index (χ1v) is 4.99. The third kappa shape index (κ3) is 1.73. The van der Waals surface area contributed by atoms with E-state index in [0.717, 1.165) is 5.52 Å². The number of nitrogens with two attached hydrogens (primary N) is 1. The zero-order valence-corrected chi connectivity index (χ0v) is 9.18. The first kappa shape index (κ1) is 10.1. The number of aliphatic carboxylic acids is 1. The molecule has 0 aliphatic carbocycles. The summed E-state index contributed by atoms with van der Waals surface area (Å²) >= 11 is 3.27. The number of pyridine rings is 1. The van der Waals surface area contributed by atoms with Crippen molar-refractivity contribution in [2.45, 2.75) is 6.04 Å². The van der Waals surface area contributed by atoms with Crippen molar-refractivity contribution in [2.75, 3.05) is 0 Å². The van der Waals surface area contributed by atoms with Crippen LogP contribution in [0.3, 0.4) is 0 Å². The summed E-state index contributed by atoms with van der Waals surface area (Å²) in [5, 5.41) is 8.77. The van der Waals surface area contributed by atoms with Crippen LogP contribution in [-0.4, -0.2) is 20.5 Å². The molecular weight excluding hydrogens is 262 g/mol. The van der Waals surface area contributed by atoms with E-state index in [9.17, 15) is 4.79 Å². The van der Waals surface area contributed by atoms with Gasteiger partial charge in [0.1, 0.15) is 17.0 Å². The van der Waals surface area contributed by atoms with Crippen LogP contribution in [0.25, 0.3) is 5.52 Å². The van der Waals surface area contributed by atoms with Crippen molar-refractivity contribution >= 4 is 27.4 Å². The number of halogens is 1. The summed E-state index contributed by atoms with van der Waals surface area (Å²) in [6, 6.07) is 2.37. The SMILES string of the molecule is NC(C(=O)O)c1ccn2cnc(Br)c2c1. The van der Waals surface area contributed by atoms with E-state index in [1.54, 1.807) is 29.1 Å².